The molecule has 0 saturated heterocycles. The first-order valence-electron chi connectivity index (χ1n) is 5.31. The van der Waals surface area contributed by atoms with Crippen LogP contribution in [-0.2, 0) is 4.74 Å². The second-order valence-corrected chi connectivity index (χ2v) is 4.55. The molecule has 0 aromatic carbocycles. The first-order chi connectivity index (χ1) is 5.93. The Morgan fingerprint density at radius 2 is 1.54 bits per heavy atom. The van der Waals surface area contributed by atoms with E-state index in [1.165, 1.54) is 0 Å². The fraction of sp³-hybridized carbons (Fsp3) is 1.00. The normalized spacial score (nSPS) is 14.5. The highest BCUT2D eigenvalue weighted by atomic mass is 16.5. The molecule has 13 heavy (non-hydrogen) atoms. The lowest BCUT2D eigenvalue weighted by molar-refractivity contribution is 0.0498. The van der Waals surface area contributed by atoms with Crippen molar-refractivity contribution in [3.8, 4) is 0 Å². The van der Waals surface area contributed by atoms with Crippen molar-refractivity contribution in [2.24, 2.45) is 5.92 Å². The molecule has 1 N–H and O–H groups in total. The second-order valence-electron chi connectivity index (χ2n) is 4.55. The zero-order chi connectivity index (χ0) is 10.4. The van der Waals surface area contributed by atoms with Crippen LogP contribution in [-0.4, -0.2) is 24.8 Å². The smallest absolute Gasteiger partial charge is 0.0625 e. The molecule has 0 aromatic heterocycles. The van der Waals surface area contributed by atoms with Crippen molar-refractivity contribution in [2.45, 2.75) is 59.7 Å². The molecule has 0 fully saturated rings. The first kappa shape index (κ1) is 12.9. The summed E-state index contributed by atoms with van der Waals surface area (Å²) in [4.78, 5) is 0. The molecule has 0 aromatic rings. The summed E-state index contributed by atoms with van der Waals surface area (Å²) in [7, 11) is 0. The minimum Gasteiger partial charge on any atom is -0.377 e. The Labute approximate surface area is 83.1 Å². The molecule has 1 atom stereocenters. The monoisotopic (exact) mass is 187 g/mol. The van der Waals surface area contributed by atoms with E-state index in [9.17, 15) is 0 Å². The van der Waals surface area contributed by atoms with Gasteiger partial charge in [0.2, 0.25) is 0 Å². The van der Waals surface area contributed by atoms with E-state index in [2.05, 4.69) is 46.9 Å². The minimum atomic E-state index is 0.329. The van der Waals surface area contributed by atoms with Gasteiger partial charge in [0.25, 0.3) is 0 Å². The highest BCUT2D eigenvalue weighted by Gasteiger charge is 2.14. The van der Waals surface area contributed by atoms with Gasteiger partial charge in [-0.15, -0.1) is 0 Å². The largest absolute Gasteiger partial charge is 0.377 e. The predicted octanol–water partition coefficient (Wildman–Crippen LogP) is 2.43. The van der Waals surface area contributed by atoms with Crippen molar-refractivity contribution < 1.29 is 4.74 Å². The van der Waals surface area contributed by atoms with Gasteiger partial charge in [-0.05, 0) is 19.8 Å². The van der Waals surface area contributed by atoms with E-state index < -0.39 is 0 Å². The molecule has 2 nitrogen and oxygen atoms in total. The first-order valence-corrected chi connectivity index (χ1v) is 5.31. The van der Waals surface area contributed by atoms with Gasteiger partial charge in [-0.2, -0.15) is 0 Å². The maximum absolute atomic E-state index is 5.60. The Balaban J connectivity index is 3.81. The van der Waals surface area contributed by atoms with Gasteiger partial charge in [-0.25, -0.2) is 0 Å². The van der Waals surface area contributed by atoms with Crippen molar-refractivity contribution in [3.63, 3.8) is 0 Å². The Morgan fingerprint density at radius 3 is 1.85 bits per heavy atom. The zero-order valence-corrected chi connectivity index (χ0v) is 9.92. The minimum absolute atomic E-state index is 0.329. The van der Waals surface area contributed by atoms with Crippen LogP contribution in [0.15, 0.2) is 0 Å². The average molecular weight is 187 g/mol. The summed E-state index contributed by atoms with van der Waals surface area (Å²) in [5.41, 5.74) is 0. The van der Waals surface area contributed by atoms with Crippen LogP contribution in [0.3, 0.4) is 0 Å². The molecule has 80 valence electrons. The van der Waals surface area contributed by atoms with Crippen molar-refractivity contribution in [1.29, 1.82) is 0 Å². The number of hydrogen-bond acceptors (Lipinski definition) is 2. The Hall–Kier alpha value is -0.0800. The molecule has 0 aliphatic carbocycles. The number of nitrogens with one attached hydrogen (secondary N) is 1. The summed E-state index contributed by atoms with van der Waals surface area (Å²) < 4.78 is 5.60. The molecule has 0 aliphatic rings. The Bertz CT molecular complexity index is 121. The summed E-state index contributed by atoms with van der Waals surface area (Å²) in [6, 6.07) is 1.01. The number of rotatable bonds is 6. The zero-order valence-electron chi connectivity index (χ0n) is 9.92. The summed E-state index contributed by atoms with van der Waals surface area (Å²) in [5, 5.41) is 3.51. The summed E-state index contributed by atoms with van der Waals surface area (Å²) in [6.45, 7) is 13.8. The van der Waals surface area contributed by atoms with Crippen molar-refractivity contribution >= 4 is 0 Å². The Kier molecular flexibility index (Phi) is 6.35. The molecular formula is C11H25NO. The lowest BCUT2D eigenvalue weighted by Crippen LogP contribution is -2.42. The highest BCUT2D eigenvalue weighted by Crippen LogP contribution is 2.04. The molecule has 0 bridgehead atoms. The van der Waals surface area contributed by atoms with Crippen LogP contribution in [0.4, 0.5) is 0 Å². The summed E-state index contributed by atoms with van der Waals surface area (Å²) >= 11 is 0. The van der Waals surface area contributed by atoms with Gasteiger partial charge in [0.15, 0.2) is 0 Å². The second kappa shape index (κ2) is 6.39. The molecule has 0 heterocycles. The van der Waals surface area contributed by atoms with E-state index in [-0.39, 0.29) is 0 Å². The quantitative estimate of drug-likeness (QED) is 0.689. The molecule has 0 amide bonds. The standard InChI is InChI=1S/C11H25NO/c1-8(2)11(12-9(3)4)7-13-10(5)6/h8-12H,7H2,1-6H3. The van der Waals surface area contributed by atoms with Crippen LogP contribution in [0.1, 0.15) is 41.5 Å². The van der Waals surface area contributed by atoms with Gasteiger partial charge >= 0.3 is 0 Å². The van der Waals surface area contributed by atoms with Crippen LogP contribution < -0.4 is 5.32 Å². The van der Waals surface area contributed by atoms with Crippen molar-refractivity contribution in [2.75, 3.05) is 6.61 Å². The molecule has 1 unspecified atom stereocenters. The molecule has 0 aliphatic heterocycles. The molecular weight excluding hydrogens is 162 g/mol. The van der Waals surface area contributed by atoms with Crippen molar-refractivity contribution in [3.05, 3.63) is 0 Å². The SMILES string of the molecule is CC(C)NC(COC(C)C)C(C)C. The van der Waals surface area contributed by atoms with Gasteiger partial charge in [0.1, 0.15) is 0 Å². The fourth-order valence-corrected chi connectivity index (χ4v) is 1.16. The van der Waals surface area contributed by atoms with E-state index in [0.29, 0.717) is 24.1 Å². The van der Waals surface area contributed by atoms with Gasteiger partial charge in [0.05, 0.1) is 12.7 Å². The number of ether oxygens (including phenoxy) is 1. The lowest BCUT2D eigenvalue weighted by atomic mass is 10.0. The van der Waals surface area contributed by atoms with Crippen LogP contribution in [0.25, 0.3) is 0 Å². The third-order valence-electron chi connectivity index (χ3n) is 1.96. The van der Waals surface area contributed by atoms with Crippen LogP contribution in [0.2, 0.25) is 0 Å². The van der Waals surface area contributed by atoms with Crippen LogP contribution >= 0.6 is 0 Å². The third kappa shape index (κ3) is 7.03. The molecule has 0 spiro atoms. The lowest BCUT2D eigenvalue weighted by Gasteiger charge is -2.25. The van der Waals surface area contributed by atoms with Gasteiger partial charge in [-0.3, -0.25) is 0 Å². The van der Waals surface area contributed by atoms with Gasteiger partial charge < -0.3 is 10.1 Å². The van der Waals surface area contributed by atoms with Crippen molar-refractivity contribution in [1.82, 2.24) is 5.32 Å². The van der Waals surface area contributed by atoms with E-state index in [0.717, 1.165) is 6.61 Å². The molecule has 0 rings (SSSR count). The van der Waals surface area contributed by atoms with Gasteiger partial charge in [0, 0.05) is 12.1 Å². The third-order valence-corrected chi connectivity index (χ3v) is 1.96. The van der Waals surface area contributed by atoms with E-state index in [1.807, 2.05) is 0 Å². The fourth-order valence-electron chi connectivity index (χ4n) is 1.16. The molecule has 2 heteroatoms. The topological polar surface area (TPSA) is 21.3 Å². The Morgan fingerprint density at radius 1 is 1.00 bits per heavy atom. The maximum Gasteiger partial charge on any atom is 0.0625 e. The van der Waals surface area contributed by atoms with Gasteiger partial charge in [-0.1, -0.05) is 27.7 Å². The number of hydrogen-bond donors (Lipinski definition) is 1. The van der Waals surface area contributed by atoms with Crippen LogP contribution in [0.5, 0.6) is 0 Å². The van der Waals surface area contributed by atoms with E-state index >= 15 is 0 Å². The maximum atomic E-state index is 5.60. The molecule has 0 saturated carbocycles. The highest BCUT2D eigenvalue weighted by molar-refractivity contribution is 4.72. The van der Waals surface area contributed by atoms with E-state index in [1.54, 1.807) is 0 Å². The van der Waals surface area contributed by atoms with Crippen LogP contribution in [0, 0.1) is 5.92 Å². The average Bonchev–Trinajstić information content (AvgIpc) is 1.96. The summed E-state index contributed by atoms with van der Waals surface area (Å²) in [5.74, 6) is 0.626. The molecule has 0 radical (unpaired) electrons. The predicted molar refractivity (Wildman–Crippen MR) is 58.0 cm³/mol. The summed E-state index contributed by atoms with van der Waals surface area (Å²) in [6.07, 6.45) is 0.329. The van der Waals surface area contributed by atoms with E-state index in [4.69, 9.17) is 4.74 Å².